The number of aromatic carboxylic acids is 1. The molecular formula is C12H8BrIN2O3S. The molecule has 1 aromatic carbocycles. The van der Waals surface area contributed by atoms with Crippen LogP contribution in [0.5, 0.6) is 0 Å². The fraction of sp³-hybridized carbons (Fsp3) is 0.0833. The lowest BCUT2D eigenvalue weighted by Gasteiger charge is -2.06. The van der Waals surface area contributed by atoms with Crippen molar-refractivity contribution in [2.75, 3.05) is 5.32 Å². The summed E-state index contributed by atoms with van der Waals surface area (Å²) in [7, 11) is 0. The number of carboxylic acid groups (broad SMARTS) is 1. The third-order valence-corrected chi connectivity index (χ3v) is 4.69. The molecule has 0 radical (unpaired) electrons. The molecule has 1 amide bonds. The number of nitrogens with zero attached hydrogens (tertiary/aromatic N) is 1. The molecule has 0 saturated heterocycles. The fourth-order valence-electron chi connectivity index (χ4n) is 1.55. The van der Waals surface area contributed by atoms with Gasteiger partial charge in [0.2, 0.25) is 0 Å². The summed E-state index contributed by atoms with van der Waals surface area (Å²) in [6.45, 7) is 1.59. The number of aromatic nitrogens is 1. The van der Waals surface area contributed by atoms with Crippen LogP contribution in [-0.4, -0.2) is 21.4 Å². The molecule has 2 rings (SSSR count). The molecule has 20 heavy (non-hydrogen) atoms. The summed E-state index contributed by atoms with van der Waals surface area (Å²) in [5.41, 5.74) is 0.865. The van der Waals surface area contributed by atoms with Gasteiger partial charge in [0, 0.05) is 8.04 Å². The Balaban J connectivity index is 2.33. The number of hydrogen-bond acceptors (Lipinski definition) is 4. The number of halogens is 2. The summed E-state index contributed by atoms with van der Waals surface area (Å²) in [5, 5.41) is 12.0. The zero-order valence-corrected chi connectivity index (χ0v) is 14.7. The molecule has 0 aliphatic rings. The van der Waals surface area contributed by atoms with E-state index in [4.69, 9.17) is 5.11 Å². The van der Waals surface area contributed by atoms with Crippen molar-refractivity contribution in [2.45, 2.75) is 6.92 Å². The number of carbonyl (C=O) groups is 2. The van der Waals surface area contributed by atoms with Crippen LogP contribution in [0.25, 0.3) is 0 Å². The van der Waals surface area contributed by atoms with Gasteiger partial charge in [-0.1, -0.05) is 0 Å². The largest absolute Gasteiger partial charge is 0.478 e. The van der Waals surface area contributed by atoms with E-state index in [1.807, 2.05) is 6.07 Å². The van der Waals surface area contributed by atoms with Crippen molar-refractivity contribution in [1.29, 1.82) is 0 Å². The Hall–Kier alpha value is -1.00. The van der Waals surface area contributed by atoms with Gasteiger partial charge in [0.25, 0.3) is 5.91 Å². The number of aryl methyl sites for hydroxylation is 1. The molecule has 0 aliphatic heterocycles. The molecule has 0 bridgehead atoms. The second-order valence-corrected chi connectivity index (χ2v) is 6.73. The van der Waals surface area contributed by atoms with Crippen molar-refractivity contribution in [3.05, 3.63) is 43.1 Å². The molecule has 104 valence electrons. The lowest BCUT2D eigenvalue weighted by atomic mass is 10.2. The smallest absolute Gasteiger partial charge is 0.340 e. The Morgan fingerprint density at radius 2 is 2.15 bits per heavy atom. The number of benzene rings is 1. The molecule has 2 N–H and O–H groups in total. The van der Waals surface area contributed by atoms with Gasteiger partial charge in [-0.05, 0) is 75.2 Å². The second-order valence-electron chi connectivity index (χ2n) is 3.86. The predicted octanol–water partition coefficient (Wildman–Crippen LogP) is 3.77. The first-order chi connectivity index (χ1) is 9.40. The topological polar surface area (TPSA) is 79.3 Å². The minimum absolute atomic E-state index is 0.0325. The number of amides is 1. The Bertz CT molecular complexity index is 702. The van der Waals surface area contributed by atoms with Crippen LogP contribution in [0.15, 0.2) is 22.7 Å². The number of hydrogen-bond donors (Lipinski definition) is 2. The van der Waals surface area contributed by atoms with E-state index in [0.717, 1.165) is 15.1 Å². The van der Waals surface area contributed by atoms with Gasteiger partial charge in [-0.2, -0.15) is 4.37 Å². The van der Waals surface area contributed by atoms with Crippen molar-refractivity contribution in [1.82, 2.24) is 4.37 Å². The molecule has 1 heterocycles. The fourth-order valence-corrected chi connectivity index (χ4v) is 3.25. The molecular weight excluding hydrogens is 459 g/mol. The maximum atomic E-state index is 12.2. The van der Waals surface area contributed by atoms with Gasteiger partial charge < -0.3 is 10.4 Å². The third kappa shape index (κ3) is 3.18. The molecule has 0 unspecified atom stereocenters. The normalized spacial score (nSPS) is 10.3. The van der Waals surface area contributed by atoms with Crippen LogP contribution in [0.4, 0.5) is 5.00 Å². The Labute approximate surface area is 140 Å². The van der Waals surface area contributed by atoms with E-state index in [1.165, 1.54) is 0 Å². The van der Waals surface area contributed by atoms with E-state index < -0.39 is 5.97 Å². The number of rotatable bonds is 3. The highest BCUT2D eigenvalue weighted by Gasteiger charge is 2.20. The lowest BCUT2D eigenvalue weighted by molar-refractivity contribution is 0.0697. The van der Waals surface area contributed by atoms with Crippen molar-refractivity contribution >= 4 is 66.9 Å². The van der Waals surface area contributed by atoms with Gasteiger partial charge in [0.05, 0.1) is 11.3 Å². The molecule has 0 saturated carbocycles. The van der Waals surface area contributed by atoms with E-state index in [0.29, 0.717) is 15.7 Å². The van der Waals surface area contributed by atoms with E-state index >= 15 is 0 Å². The summed E-state index contributed by atoms with van der Waals surface area (Å²) in [6.07, 6.45) is 0. The Kier molecular flexibility index (Phi) is 4.76. The number of carboxylic acids is 1. The molecule has 0 fully saturated rings. The first-order valence-electron chi connectivity index (χ1n) is 5.36. The van der Waals surface area contributed by atoms with Crippen LogP contribution in [-0.2, 0) is 0 Å². The third-order valence-electron chi connectivity index (χ3n) is 2.48. The first-order valence-corrected chi connectivity index (χ1v) is 8.00. The maximum absolute atomic E-state index is 12.2. The van der Waals surface area contributed by atoms with E-state index in [1.54, 1.807) is 19.1 Å². The standard InChI is InChI=1S/C12H8BrIN2O3S/c1-5-9(12(18)19)11(20-16-5)15-10(17)7-4-6(14)2-3-8(7)13/h2-4H,1H3,(H,15,17)(H,18,19). The van der Waals surface area contributed by atoms with Gasteiger partial charge in [-0.3, -0.25) is 4.79 Å². The molecule has 2 aromatic rings. The monoisotopic (exact) mass is 466 g/mol. The van der Waals surface area contributed by atoms with Crippen molar-refractivity contribution < 1.29 is 14.7 Å². The van der Waals surface area contributed by atoms with Crippen molar-refractivity contribution in [3.63, 3.8) is 0 Å². The summed E-state index contributed by atoms with van der Waals surface area (Å²) in [6, 6.07) is 5.35. The van der Waals surface area contributed by atoms with Crippen molar-refractivity contribution in [2.24, 2.45) is 0 Å². The average Bonchev–Trinajstić information content (AvgIpc) is 2.73. The Morgan fingerprint density at radius 3 is 2.80 bits per heavy atom. The summed E-state index contributed by atoms with van der Waals surface area (Å²) in [5.74, 6) is -1.48. The van der Waals surface area contributed by atoms with Gasteiger partial charge in [-0.25, -0.2) is 4.79 Å². The van der Waals surface area contributed by atoms with Crippen molar-refractivity contribution in [3.8, 4) is 0 Å². The van der Waals surface area contributed by atoms with Gasteiger partial charge >= 0.3 is 5.97 Å². The second kappa shape index (κ2) is 6.19. The van der Waals surface area contributed by atoms with Crippen LogP contribution < -0.4 is 5.32 Å². The van der Waals surface area contributed by atoms with E-state index in [9.17, 15) is 9.59 Å². The van der Waals surface area contributed by atoms with Crippen LogP contribution in [0.3, 0.4) is 0 Å². The van der Waals surface area contributed by atoms with Crippen LogP contribution in [0.2, 0.25) is 0 Å². The lowest BCUT2D eigenvalue weighted by Crippen LogP contribution is -2.14. The maximum Gasteiger partial charge on any atom is 0.340 e. The molecule has 8 heteroatoms. The first kappa shape index (κ1) is 15.4. The average molecular weight is 467 g/mol. The van der Waals surface area contributed by atoms with Crippen LogP contribution >= 0.6 is 50.1 Å². The summed E-state index contributed by atoms with van der Waals surface area (Å²) >= 11 is 6.37. The highest BCUT2D eigenvalue weighted by molar-refractivity contribution is 14.1. The van der Waals surface area contributed by atoms with Gasteiger partial charge in [0.15, 0.2) is 0 Å². The zero-order valence-electron chi connectivity index (χ0n) is 10.1. The van der Waals surface area contributed by atoms with Gasteiger partial charge in [0.1, 0.15) is 10.6 Å². The summed E-state index contributed by atoms with van der Waals surface area (Å²) in [4.78, 5) is 23.4. The molecule has 5 nitrogen and oxygen atoms in total. The Morgan fingerprint density at radius 1 is 1.45 bits per heavy atom. The molecule has 0 atom stereocenters. The number of nitrogens with one attached hydrogen (secondary N) is 1. The molecule has 0 aliphatic carbocycles. The number of carbonyl (C=O) groups excluding carboxylic acids is 1. The quantitative estimate of drug-likeness (QED) is 0.675. The summed E-state index contributed by atoms with van der Waals surface area (Å²) < 4.78 is 5.52. The molecule has 1 aromatic heterocycles. The molecule has 0 spiro atoms. The van der Waals surface area contributed by atoms with Gasteiger partial charge in [-0.15, -0.1) is 0 Å². The van der Waals surface area contributed by atoms with E-state index in [2.05, 4.69) is 48.2 Å². The highest BCUT2D eigenvalue weighted by atomic mass is 127. The van der Waals surface area contributed by atoms with E-state index in [-0.39, 0.29) is 16.5 Å². The zero-order chi connectivity index (χ0) is 14.9. The highest BCUT2D eigenvalue weighted by Crippen LogP contribution is 2.26. The number of anilines is 1. The van der Waals surface area contributed by atoms with Crippen LogP contribution in [0.1, 0.15) is 26.4 Å². The van der Waals surface area contributed by atoms with Crippen LogP contribution in [0, 0.1) is 10.5 Å². The minimum Gasteiger partial charge on any atom is -0.478 e. The predicted molar refractivity (Wildman–Crippen MR) is 88.6 cm³/mol. The minimum atomic E-state index is -1.10. The SMILES string of the molecule is Cc1nsc(NC(=O)c2cc(I)ccc2Br)c1C(=O)O.